The van der Waals surface area contributed by atoms with Crippen LogP contribution in [0, 0.1) is 10.1 Å². The molecule has 1 saturated heterocycles. The van der Waals surface area contributed by atoms with Gasteiger partial charge in [0.1, 0.15) is 5.82 Å². The summed E-state index contributed by atoms with van der Waals surface area (Å²) >= 11 is 0. The topological polar surface area (TPSA) is 101 Å². The number of benzene rings is 1. The third kappa shape index (κ3) is 4.16. The molecule has 1 unspecified atom stereocenters. The van der Waals surface area contributed by atoms with Crippen LogP contribution >= 0.6 is 0 Å². The van der Waals surface area contributed by atoms with Crippen LogP contribution in [0.2, 0.25) is 0 Å². The Morgan fingerprint density at radius 1 is 1.33 bits per heavy atom. The van der Waals surface area contributed by atoms with Gasteiger partial charge in [-0.3, -0.25) is 15.0 Å². The molecule has 1 atom stereocenters. The fourth-order valence-corrected chi connectivity index (χ4v) is 2.69. The van der Waals surface area contributed by atoms with Crippen molar-refractivity contribution >= 4 is 22.4 Å². The number of pyridine rings is 1. The van der Waals surface area contributed by atoms with Crippen molar-refractivity contribution in [1.82, 2.24) is 9.88 Å². The van der Waals surface area contributed by atoms with Crippen molar-refractivity contribution in [1.29, 1.82) is 0 Å². The molecular formula is C16H20N4O4. The van der Waals surface area contributed by atoms with Crippen molar-refractivity contribution in [3.05, 3.63) is 40.4 Å². The number of nitrogens with zero attached hydrogens (tertiary/aromatic N) is 3. The van der Waals surface area contributed by atoms with E-state index in [9.17, 15) is 15.2 Å². The molecule has 1 aromatic heterocycles. The Morgan fingerprint density at radius 3 is 2.88 bits per heavy atom. The lowest BCUT2D eigenvalue weighted by atomic mass is 10.2. The molecule has 1 fully saturated rings. The molecule has 8 heteroatoms. The Bertz CT molecular complexity index is 718. The smallest absolute Gasteiger partial charge is 0.270 e. The number of anilines is 1. The SMILES string of the molecule is O=[N+]([O-])c1ccc2nc(NCC(O)CN3CCOCC3)ccc2c1. The van der Waals surface area contributed by atoms with Crippen molar-refractivity contribution < 1.29 is 14.8 Å². The van der Waals surface area contributed by atoms with Gasteiger partial charge in [-0.2, -0.15) is 0 Å². The number of β-amino-alcohol motifs (C(OH)–C–C–N with tert-alkyl or cyclic N) is 1. The molecule has 0 aliphatic carbocycles. The Kier molecular flexibility index (Phi) is 5.19. The van der Waals surface area contributed by atoms with E-state index >= 15 is 0 Å². The lowest BCUT2D eigenvalue weighted by Crippen LogP contribution is -2.42. The predicted octanol–water partition coefficient (Wildman–Crippen LogP) is 1.25. The van der Waals surface area contributed by atoms with Gasteiger partial charge in [-0.1, -0.05) is 0 Å². The number of aromatic nitrogens is 1. The summed E-state index contributed by atoms with van der Waals surface area (Å²) in [5.41, 5.74) is 0.721. The van der Waals surface area contributed by atoms with E-state index in [0.717, 1.165) is 13.1 Å². The van der Waals surface area contributed by atoms with Crippen LogP contribution in [0.5, 0.6) is 0 Å². The standard InChI is InChI=1S/C16H20N4O4/c21-14(11-19-5-7-24-8-6-19)10-17-16-4-1-12-9-13(20(22)23)2-3-15(12)18-16/h1-4,9,14,21H,5-8,10-11H2,(H,17,18). The molecular weight excluding hydrogens is 312 g/mol. The molecule has 0 spiro atoms. The summed E-state index contributed by atoms with van der Waals surface area (Å²) in [4.78, 5) is 16.9. The number of nitro groups is 1. The molecule has 2 heterocycles. The molecule has 3 rings (SSSR count). The summed E-state index contributed by atoms with van der Waals surface area (Å²) in [7, 11) is 0. The van der Waals surface area contributed by atoms with Gasteiger partial charge >= 0.3 is 0 Å². The van der Waals surface area contributed by atoms with E-state index < -0.39 is 11.0 Å². The van der Waals surface area contributed by atoms with Gasteiger partial charge in [-0.15, -0.1) is 0 Å². The van der Waals surface area contributed by atoms with Crippen LogP contribution in [-0.2, 0) is 4.74 Å². The van der Waals surface area contributed by atoms with E-state index in [1.165, 1.54) is 12.1 Å². The molecule has 1 aromatic carbocycles. The first kappa shape index (κ1) is 16.6. The quantitative estimate of drug-likeness (QED) is 0.606. The number of fused-ring (bicyclic) bond motifs is 1. The van der Waals surface area contributed by atoms with Crippen molar-refractivity contribution in [2.75, 3.05) is 44.7 Å². The summed E-state index contributed by atoms with van der Waals surface area (Å²) in [5.74, 6) is 0.636. The molecule has 0 amide bonds. The third-order valence-corrected chi connectivity index (χ3v) is 3.98. The fourth-order valence-electron chi connectivity index (χ4n) is 2.69. The minimum Gasteiger partial charge on any atom is -0.390 e. The average molecular weight is 332 g/mol. The highest BCUT2D eigenvalue weighted by atomic mass is 16.6. The fraction of sp³-hybridized carbons (Fsp3) is 0.438. The molecule has 0 saturated carbocycles. The third-order valence-electron chi connectivity index (χ3n) is 3.98. The second kappa shape index (κ2) is 7.52. The minimum atomic E-state index is -0.502. The van der Waals surface area contributed by atoms with Crippen LogP contribution in [0.1, 0.15) is 0 Å². The lowest BCUT2D eigenvalue weighted by Gasteiger charge is -2.28. The number of nitro benzene ring substituents is 1. The zero-order valence-corrected chi connectivity index (χ0v) is 13.2. The minimum absolute atomic E-state index is 0.0472. The molecule has 2 N–H and O–H groups in total. The van der Waals surface area contributed by atoms with Gasteiger partial charge in [-0.05, 0) is 18.2 Å². The zero-order valence-electron chi connectivity index (χ0n) is 13.2. The molecule has 8 nitrogen and oxygen atoms in total. The normalized spacial score (nSPS) is 16.9. The molecule has 0 bridgehead atoms. The summed E-state index contributed by atoms with van der Waals surface area (Å²) in [6.45, 7) is 4.07. The van der Waals surface area contributed by atoms with Gasteiger partial charge < -0.3 is 15.2 Å². The molecule has 0 radical (unpaired) electrons. The van der Waals surface area contributed by atoms with Crippen LogP contribution in [-0.4, -0.2) is 65.4 Å². The summed E-state index contributed by atoms with van der Waals surface area (Å²) in [5, 5.41) is 24.7. The highest BCUT2D eigenvalue weighted by molar-refractivity contribution is 5.82. The number of hydrogen-bond acceptors (Lipinski definition) is 7. The number of morpholine rings is 1. The molecule has 128 valence electrons. The largest absolute Gasteiger partial charge is 0.390 e. The number of non-ortho nitro benzene ring substituents is 1. The van der Waals surface area contributed by atoms with Crippen LogP contribution in [0.4, 0.5) is 11.5 Å². The first-order chi connectivity index (χ1) is 11.6. The summed E-state index contributed by atoms with van der Waals surface area (Å²) in [6, 6.07) is 8.11. The highest BCUT2D eigenvalue weighted by Crippen LogP contribution is 2.21. The highest BCUT2D eigenvalue weighted by Gasteiger charge is 2.15. The van der Waals surface area contributed by atoms with E-state index in [1.807, 2.05) is 0 Å². The second-order valence-corrected chi connectivity index (χ2v) is 5.78. The van der Waals surface area contributed by atoms with Crippen LogP contribution in [0.15, 0.2) is 30.3 Å². The molecule has 2 aromatic rings. The van der Waals surface area contributed by atoms with Gasteiger partial charge in [0.2, 0.25) is 0 Å². The van der Waals surface area contributed by atoms with Crippen LogP contribution in [0.25, 0.3) is 10.9 Å². The second-order valence-electron chi connectivity index (χ2n) is 5.78. The van der Waals surface area contributed by atoms with Gasteiger partial charge in [0.15, 0.2) is 0 Å². The van der Waals surface area contributed by atoms with Crippen LogP contribution in [0.3, 0.4) is 0 Å². The Morgan fingerprint density at radius 2 is 2.12 bits per heavy atom. The van der Waals surface area contributed by atoms with Gasteiger partial charge in [0, 0.05) is 43.7 Å². The number of hydrogen-bond donors (Lipinski definition) is 2. The maximum absolute atomic E-state index is 10.8. The van der Waals surface area contributed by atoms with Gasteiger partial charge in [-0.25, -0.2) is 4.98 Å². The summed E-state index contributed by atoms with van der Waals surface area (Å²) in [6.07, 6.45) is -0.502. The lowest BCUT2D eigenvalue weighted by molar-refractivity contribution is -0.384. The van der Waals surface area contributed by atoms with E-state index in [-0.39, 0.29) is 5.69 Å². The summed E-state index contributed by atoms with van der Waals surface area (Å²) < 4.78 is 5.28. The van der Waals surface area contributed by atoms with Crippen molar-refractivity contribution in [3.8, 4) is 0 Å². The number of nitrogens with one attached hydrogen (secondary N) is 1. The Labute approximate surface area is 139 Å². The van der Waals surface area contributed by atoms with Gasteiger partial charge in [0.05, 0.1) is 29.8 Å². The molecule has 24 heavy (non-hydrogen) atoms. The van der Waals surface area contributed by atoms with E-state index in [1.54, 1.807) is 18.2 Å². The van der Waals surface area contributed by atoms with Crippen molar-refractivity contribution in [3.63, 3.8) is 0 Å². The van der Waals surface area contributed by atoms with Crippen molar-refractivity contribution in [2.45, 2.75) is 6.10 Å². The predicted molar refractivity (Wildman–Crippen MR) is 90.2 cm³/mol. The monoisotopic (exact) mass is 332 g/mol. The Hall–Kier alpha value is -2.29. The maximum atomic E-state index is 10.8. The number of aliphatic hydroxyl groups is 1. The van der Waals surface area contributed by atoms with Crippen molar-refractivity contribution in [2.24, 2.45) is 0 Å². The van der Waals surface area contributed by atoms with Crippen LogP contribution < -0.4 is 5.32 Å². The first-order valence-electron chi connectivity index (χ1n) is 7.89. The average Bonchev–Trinajstić information content (AvgIpc) is 2.60. The number of aliphatic hydroxyl groups excluding tert-OH is 1. The van der Waals surface area contributed by atoms with E-state index in [4.69, 9.17) is 4.74 Å². The number of ether oxygens (including phenoxy) is 1. The van der Waals surface area contributed by atoms with E-state index in [0.29, 0.717) is 43.0 Å². The maximum Gasteiger partial charge on any atom is 0.270 e. The van der Waals surface area contributed by atoms with E-state index in [2.05, 4.69) is 15.2 Å². The Balaban J connectivity index is 1.58. The zero-order chi connectivity index (χ0) is 16.9. The molecule has 1 aliphatic heterocycles. The van der Waals surface area contributed by atoms with Gasteiger partial charge in [0.25, 0.3) is 5.69 Å². The number of rotatable bonds is 6. The molecule has 1 aliphatic rings. The first-order valence-corrected chi connectivity index (χ1v) is 7.89.